The molecular formula is C12H21NO3. The SMILES string of the molecule is O=C(NC1CCCCCC1)C1COCCO1. The Bertz CT molecular complexity index is 218. The van der Waals surface area contributed by atoms with Gasteiger partial charge in [-0.2, -0.15) is 0 Å². The molecule has 2 rings (SSSR count). The van der Waals surface area contributed by atoms with Crippen LogP contribution in [0.3, 0.4) is 0 Å². The van der Waals surface area contributed by atoms with Gasteiger partial charge in [0.15, 0.2) is 6.10 Å². The number of carbonyl (C=O) groups is 1. The van der Waals surface area contributed by atoms with Crippen molar-refractivity contribution >= 4 is 5.91 Å². The second-order valence-corrected chi connectivity index (χ2v) is 4.63. The minimum atomic E-state index is -0.392. The molecule has 4 nitrogen and oxygen atoms in total. The third-order valence-corrected chi connectivity index (χ3v) is 3.31. The van der Waals surface area contributed by atoms with E-state index in [0.29, 0.717) is 25.9 Å². The third kappa shape index (κ3) is 3.46. The zero-order valence-electron chi connectivity index (χ0n) is 9.74. The zero-order valence-corrected chi connectivity index (χ0v) is 9.74. The summed E-state index contributed by atoms with van der Waals surface area (Å²) in [4.78, 5) is 11.9. The van der Waals surface area contributed by atoms with Crippen LogP contribution < -0.4 is 5.32 Å². The maximum absolute atomic E-state index is 11.9. The lowest BCUT2D eigenvalue weighted by atomic mass is 10.1. The summed E-state index contributed by atoms with van der Waals surface area (Å²) in [7, 11) is 0. The average Bonchev–Trinajstić information content (AvgIpc) is 2.59. The van der Waals surface area contributed by atoms with Crippen molar-refractivity contribution in [1.82, 2.24) is 5.32 Å². The number of hydrogen-bond donors (Lipinski definition) is 1. The largest absolute Gasteiger partial charge is 0.376 e. The summed E-state index contributed by atoms with van der Waals surface area (Å²) in [6, 6.07) is 0.348. The molecule has 1 unspecified atom stereocenters. The molecule has 16 heavy (non-hydrogen) atoms. The number of rotatable bonds is 2. The molecule has 1 aliphatic heterocycles. The minimum absolute atomic E-state index is 0.00611. The Morgan fingerprint density at radius 2 is 1.81 bits per heavy atom. The number of carbonyl (C=O) groups excluding carboxylic acids is 1. The second-order valence-electron chi connectivity index (χ2n) is 4.63. The van der Waals surface area contributed by atoms with Crippen LogP contribution in [0.5, 0.6) is 0 Å². The van der Waals surface area contributed by atoms with E-state index in [2.05, 4.69) is 5.32 Å². The summed E-state index contributed by atoms with van der Waals surface area (Å²) >= 11 is 0. The van der Waals surface area contributed by atoms with Gasteiger partial charge in [0.25, 0.3) is 5.91 Å². The Kier molecular flexibility index (Phi) is 4.60. The number of amides is 1. The van der Waals surface area contributed by atoms with Gasteiger partial charge in [-0.15, -0.1) is 0 Å². The van der Waals surface area contributed by atoms with Crippen LogP contribution in [-0.4, -0.2) is 37.9 Å². The fourth-order valence-corrected chi connectivity index (χ4v) is 2.36. The standard InChI is InChI=1S/C12H21NO3/c14-12(11-9-15-7-8-16-11)13-10-5-3-1-2-4-6-10/h10-11H,1-9H2,(H,13,14). The van der Waals surface area contributed by atoms with Crippen LogP contribution in [0.15, 0.2) is 0 Å². The molecule has 2 aliphatic rings. The molecule has 1 aliphatic carbocycles. The number of hydrogen-bond acceptors (Lipinski definition) is 3. The van der Waals surface area contributed by atoms with Gasteiger partial charge in [0.05, 0.1) is 19.8 Å². The summed E-state index contributed by atoms with van der Waals surface area (Å²) in [5.74, 6) is 0.00611. The van der Waals surface area contributed by atoms with Crippen LogP contribution in [0.25, 0.3) is 0 Å². The van der Waals surface area contributed by atoms with Gasteiger partial charge < -0.3 is 14.8 Å². The van der Waals surface area contributed by atoms with E-state index < -0.39 is 6.10 Å². The lowest BCUT2D eigenvalue weighted by Gasteiger charge is -2.24. The number of nitrogens with one attached hydrogen (secondary N) is 1. The first-order chi connectivity index (χ1) is 7.86. The van der Waals surface area contributed by atoms with E-state index in [4.69, 9.17) is 9.47 Å². The Morgan fingerprint density at radius 1 is 1.06 bits per heavy atom. The van der Waals surface area contributed by atoms with E-state index in [1.807, 2.05) is 0 Å². The van der Waals surface area contributed by atoms with Gasteiger partial charge in [-0.1, -0.05) is 25.7 Å². The lowest BCUT2D eigenvalue weighted by Crippen LogP contribution is -2.46. The van der Waals surface area contributed by atoms with Gasteiger partial charge >= 0.3 is 0 Å². The molecule has 0 aromatic carbocycles. The molecule has 0 aromatic heterocycles. The quantitative estimate of drug-likeness (QED) is 0.722. The van der Waals surface area contributed by atoms with Crippen molar-refractivity contribution in [3.63, 3.8) is 0 Å². The average molecular weight is 227 g/mol. The van der Waals surface area contributed by atoms with Crippen molar-refractivity contribution in [2.24, 2.45) is 0 Å². The molecule has 0 radical (unpaired) electrons. The molecule has 4 heteroatoms. The van der Waals surface area contributed by atoms with E-state index in [9.17, 15) is 4.79 Å². The highest BCUT2D eigenvalue weighted by atomic mass is 16.6. The molecule has 1 heterocycles. The molecule has 1 N–H and O–H groups in total. The van der Waals surface area contributed by atoms with Gasteiger partial charge in [0, 0.05) is 6.04 Å². The van der Waals surface area contributed by atoms with Crippen LogP contribution in [0.4, 0.5) is 0 Å². The molecule has 0 spiro atoms. The van der Waals surface area contributed by atoms with Gasteiger partial charge in [-0.3, -0.25) is 4.79 Å². The molecule has 1 saturated carbocycles. The number of ether oxygens (including phenoxy) is 2. The van der Waals surface area contributed by atoms with Crippen LogP contribution >= 0.6 is 0 Å². The van der Waals surface area contributed by atoms with E-state index >= 15 is 0 Å². The van der Waals surface area contributed by atoms with E-state index in [1.165, 1.54) is 25.7 Å². The van der Waals surface area contributed by atoms with Crippen molar-refractivity contribution in [1.29, 1.82) is 0 Å². The minimum Gasteiger partial charge on any atom is -0.376 e. The lowest BCUT2D eigenvalue weighted by molar-refractivity contribution is -0.148. The van der Waals surface area contributed by atoms with Crippen LogP contribution in [0.2, 0.25) is 0 Å². The highest BCUT2D eigenvalue weighted by Gasteiger charge is 2.24. The van der Waals surface area contributed by atoms with Crippen LogP contribution in [0.1, 0.15) is 38.5 Å². The fraction of sp³-hybridized carbons (Fsp3) is 0.917. The van der Waals surface area contributed by atoms with Gasteiger partial charge in [-0.25, -0.2) is 0 Å². The van der Waals surface area contributed by atoms with Crippen molar-refractivity contribution in [3.8, 4) is 0 Å². The molecule has 92 valence electrons. The molecule has 1 atom stereocenters. The molecule has 0 bridgehead atoms. The molecule has 1 amide bonds. The maximum atomic E-state index is 11.9. The third-order valence-electron chi connectivity index (χ3n) is 3.31. The summed E-state index contributed by atoms with van der Waals surface area (Å²) < 4.78 is 10.6. The zero-order chi connectivity index (χ0) is 11.2. The Morgan fingerprint density at radius 3 is 2.44 bits per heavy atom. The summed E-state index contributed by atoms with van der Waals surface area (Å²) in [5.41, 5.74) is 0. The van der Waals surface area contributed by atoms with Crippen LogP contribution in [-0.2, 0) is 14.3 Å². The predicted octanol–water partition coefficient (Wildman–Crippen LogP) is 1.24. The topological polar surface area (TPSA) is 47.6 Å². The first-order valence-corrected chi connectivity index (χ1v) is 6.36. The van der Waals surface area contributed by atoms with E-state index in [-0.39, 0.29) is 5.91 Å². The van der Waals surface area contributed by atoms with Crippen molar-refractivity contribution < 1.29 is 14.3 Å². The Balaban J connectivity index is 1.76. The van der Waals surface area contributed by atoms with Crippen molar-refractivity contribution in [2.45, 2.75) is 50.7 Å². The van der Waals surface area contributed by atoms with Gasteiger partial charge in [0.1, 0.15) is 0 Å². The Hall–Kier alpha value is -0.610. The van der Waals surface area contributed by atoms with E-state index in [0.717, 1.165) is 12.8 Å². The summed E-state index contributed by atoms with van der Waals surface area (Å²) in [5, 5.41) is 3.08. The summed E-state index contributed by atoms with van der Waals surface area (Å²) in [6.07, 6.45) is 6.89. The second kappa shape index (κ2) is 6.21. The smallest absolute Gasteiger partial charge is 0.251 e. The first-order valence-electron chi connectivity index (χ1n) is 6.36. The van der Waals surface area contributed by atoms with Gasteiger partial charge in [0.2, 0.25) is 0 Å². The maximum Gasteiger partial charge on any atom is 0.251 e. The Labute approximate surface area is 96.7 Å². The molecular weight excluding hydrogens is 206 g/mol. The van der Waals surface area contributed by atoms with Gasteiger partial charge in [-0.05, 0) is 12.8 Å². The van der Waals surface area contributed by atoms with Crippen molar-refractivity contribution in [2.75, 3.05) is 19.8 Å². The first kappa shape index (κ1) is 11.9. The van der Waals surface area contributed by atoms with Crippen LogP contribution in [0, 0.1) is 0 Å². The molecule has 1 saturated heterocycles. The highest BCUT2D eigenvalue weighted by Crippen LogP contribution is 2.17. The monoisotopic (exact) mass is 227 g/mol. The van der Waals surface area contributed by atoms with E-state index in [1.54, 1.807) is 0 Å². The van der Waals surface area contributed by atoms with Crippen molar-refractivity contribution in [3.05, 3.63) is 0 Å². The molecule has 2 fully saturated rings. The predicted molar refractivity (Wildman–Crippen MR) is 60.2 cm³/mol. The fourth-order valence-electron chi connectivity index (χ4n) is 2.36. The highest BCUT2D eigenvalue weighted by molar-refractivity contribution is 5.81. The summed E-state index contributed by atoms with van der Waals surface area (Å²) in [6.45, 7) is 1.54. The molecule has 0 aromatic rings. The normalized spacial score (nSPS) is 28.4.